The number of hydrogen-bond donors (Lipinski definition) is 2. The summed E-state index contributed by atoms with van der Waals surface area (Å²) in [7, 11) is 0. The molecule has 2 amide bonds. The number of thiophene rings is 1. The van der Waals surface area contributed by atoms with Gasteiger partial charge in [-0.1, -0.05) is 50.2 Å². The highest BCUT2D eigenvalue weighted by Crippen LogP contribution is 2.31. The Bertz CT molecular complexity index is 1020. The van der Waals surface area contributed by atoms with Gasteiger partial charge in [0.1, 0.15) is 0 Å². The van der Waals surface area contributed by atoms with E-state index < -0.39 is 0 Å². The zero-order valence-corrected chi connectivity index (χ0v) is 18.0. The van der Waals surface area contributed by atoms with Gasteiger partial charge in [-0.2, -0.15) is 0 Å². The third-order valence-corrected chi connectivity index (χ3v) is 6.32. The zero-order valence-electron chi connectivity index (χ0n) is 17.2. The van der Waals surface area contributed by atoms with Gasteiger partial charge >= 0.3 is 0 Å². The predicted molar refractivity (Wildman–Crippen MR) is 122 cm³/mol. The summed E-state index contributed by atoms with van der Waals surface area (Å²) in [5.41, 5.74) is 3.51. The van der Waals surface area contributed by atoms with Gasteiger partial charge in [0.05, 0.1) is 6.04 Å². The molecule has 0 bridgehead atoms. The van der Waals surface area contributed by atoms with E-state index in [0.717, 1.165) is 23.3 Å². The highest BCUT2D eigenvalue weighted by molar-refractivity contribution is 7.10. The number of rotatable bonds is 7. The standard InChI is InChI=1S/C25H26N2O2S/c1-16(2)17-8-10-18(11-9-17)23(22-7-4-14-30-22)27-25(29)20-5-3-6-21(15-20)26-24(28)19-12-13-19/h3-11,14-16,19,23H,12-13H2,1-2H3,(H,26,28)(H,27,29). The molecule has 0 saturated heterocycles. The van der Waals surface area contributed by atoms with Crippen LogP contribution < -0.4 is 10.6 Å². The summed E-state index contributed by atoms with van der Waals surface area (Å²) in [5, 5.41) is 8.11. The molecule has 0 radical (unpaired) electrons. The van der Waals surface area contributed by atoms with Crippen LogP contribution in [-0.4, -0.2) is 11.8 Å². The minimum atomic E-state index is -0.219. The Balaban J connectivity index is 1.54. The van der Waals surface area contributed by atoms with Crippen LogP contribution in [0.25, 0.3) is 0 Å². The molecule has 1 aromatic heterocycles. The smallest absolute Gasteiger partial charge is 0.252 e. The molecule has 1 atom stereocenters. The van der Waals surface area contributed by atoms with Gasteiger partial charge in [-0.05, 0) is 59.5 Å². The van der Waals surface area contributed by atoms with Crippen molar-refractivity contribution in [1.82, 2.24) is 5.32 Å². The molecular formula is C25H26N2O2S. The lowest BCUT2D eigenvalue weighted by atomic mass is 9.98. The maximum absolute atomic E-state index is 13.1. The molecule has 5 heteroatoms. The van der Waals surface area contributed by atoms with Crippen LogP contribution in [0.4, 0.5) is 5.69 Å². The molecule has 1 saturated carbocycles. The Labute approximate surface area is 181 Å². The van der Waals surface area contributed by atoms with Crippen molar-refractivity contribution in [1.29, 1.82) is 0 Å². The van der Waals surface area contributed by atoms with Crippen molar-refractivity contribution in [2.45, 2.75) is 38.6 Å². The zero-order chi connectivity index (χ0) is 21.1. The number of carbonyl (C=O) groups is 2. The van der Waals surface area contributed by atoms with E-state index in [1.54, 1.807) is 29.5 Å². The van der Waals surface area contributed by atoms with Crippen molar-refractivity contribution in [3.8, 4) is 0 Å². The molecule has 4 nitrogen and oxygen atoms in total. The molecule has 1 unspecified atom stereocenters. The topological polar surface area (TPSA) is 58.2 Å². The monoisotopic (exact) mass is 418 g/mol. The second-order valence-electron chi connectivity index (χ2n) is 8.09. The minimum Gasteiger partial charge on any atom is -0.340 e. The van der Waals surface area contributed by atoms with Crippen molar-refractivity contribution >= 4 is 28.8 Å². The first-order valence-electron chi connectivity index (χ1n) is 10.4. The summed E-state index contributed by atoms with van der Waals surface area (Å²) >= 11 is 1.62. The second kappa shape index (κ2) is 8.84. The largest absolute Gasteiger partial charge is 0.340 e. The molecule has 4 rings (SSSR count). The van der Waals surface area contributed by atoms with Crippen molar-refractivity contribution in [3.63, 3.8) is 0 Å². The van der Waals surface area contributed by atoms with E-state index in [2.05, 4.69) is 48.7 Å². The number of amides is 2. The highest BCUT2D eigenvalue weighted by atomic mass is 32.1. The summed E-state index contributed by atoms with van der Waals surface area (Å²) in [6.07, 6.45) is 1.90. The van der Waals surface area contributed by atoms with Gasteiger partial charge in [-0.25, -0.2) is 0 Å². The van der Waals surface area contributed by atoms with E-state index in [1.807, 2.05) is 23.6 Å². The Hall–Kier alpha value is -2.92. The quantitative estimate of drug-likeness (QED) is 0.514. The molecule has 2 aromatic carbocycles. The molecule has 1 aliphatic rings. The minimum absolute atomic E-state index is 0.0364. The molecule has 3 aromatic rings. The van der Waals surface area contributed by atoms with Gasteiger partial charge < -0.3 is 10.6 Å². The van der Waals surface area contributed by atoms with Gasteiger partial charge in [0, 0.05) is 22.0 Å². The Morgan fingerprint density at radius 3 is 2.33 bits per heavy atom. The summed E-state index contributed by atoms with van der Waals surface area (Å²) in [6.45, 7) is 4.34. The van der Waals surface area contributed by atoms with Crippen LogP contribution in [-0.2, 0) is 4.79 Å². The summed E-state index contributed by atoms with van der Waals surface area (Å²) < 4.78 is 0. The average Bonchev–Trinajstić information content (AvgIpc) is 3.47. The van der Waals surface area contributed by atoms with Crippen LogP contribution in [0.2, 0.25) is 0 Å². The number of nitrogens with one attached hydrogen (secondary N) is 2. The summed E-state index contributed by atoms with van der Waals surface area (Å²) in [4.78, 5) is 26.2. The fourth-order valence-corrected chi connectivity index (χ4v) is 4.19. The first-order chi connectivity index (χ1) is 14.5. The van der Waals surface area contributed by atoms with Crippen LogP contribution in [0.15, 0.2) is 66.0 Å². The Kier molecular flexibility index (Phi) is 6.00. The number of carbonyl (C=O) groups excluding carboxylic acids is 2. The molecule has 1 aliphatic carbocycles. The average molecular weight is 419 g/mol. The molecule has 0 spiro atoms. The molecule has 2 N–H and O–H groups in total. The van der Waals surface area contributed by atoms with Crippen LogP contribution >= 0.6 is 11.3 Å². The van der Waals surface area contributed by atoms with Gasteiger partial charge in [-0.3, -0.25) is 9.59 Å². The van der Waals surface area contributed by atoms with Gasteiger partial charge in [0.25, 0.3) is 5.91 Å². The van der Waals surface area contributed by atoms with E-state index in [1.165, 1.54) is 5.56 Å². The highest BCUT2D eigenvalue weighted by Gasteiger charge is 2.29. The third-order valence-electron chi connectivity index (χ3n) is 5.38. The molecule has 154 valence electrons. The van der Waals surface area contributed by atoms with Crippen LogP contribution in [0.5, 0.6) is 0 Å². The maximum Gasteiger partial charge on any atom is 0.252 e. The number of benzene rings is 2. The molecule has 0 aliphatic heterocycles. The normalized spacial score (nSPS) is 14.4. The van der Waals surface area contributed by atoms with Crippen LogP contribution in [0.1, 0.15) is 65.0 Å². The van der Waals surface area contributed by atoms with Crippen LogP contribution in [0, 0.1) is 5.92 Å². The van der Waals surface area contributed by atoms with E-state index >= 15 is 0 Å². The van der Waals surface area contributed by atoms with Gasteiger partial charge in [0.2, 0.25) is 5.91 Å². The maximum atomic E-state index is 13.1. The Morgan fingerprint density at radius 2 is 1.70 bits per heavy atom. The lowest BCUT2D eigenvalue weighted by Crippen LogP contribution is -2.29. The van der Waals surface area contributed by atoms with Crippen molar-refractivity contribution < 1.29 is 9.59 Å². The van der Waals surface area contributed by atoms with Crippen molar-refractivity contribution in [2.24, 2.45) is 5.92 Å². The van der Waals surface area contributed by atoms with E-state index in [-0.39, 0.29) is 23.8 Å². The van der Waals surface area contributed by atoms with Gasteiger partial charge in [0.15, 0.2) is 0 Å². The predicted octanol–water partition coefficient (Wildman–Crippen LogP) is 5.74. The number of anilines is 1. The second-order valence-corrected chi connectivity index (χ2v) is 9.07. The molecule has 1 heterocycles. The lowest BCUT2D eigenvalue weighted by Gasteiger charge is -2.19. The molecular weight excluding hydrogens is 392 g/mol. The van der Waals surface area contributed by atoms with Crippen LogP contribution in [0.3, 0.4) is 0 Å². The lowest BCUT2D eigenvalue weighted by molar-refractivity contribution is -0.117. The first kappa shape index (κ1) is 20.4. The van der Waals surface area contributed by atoms with E-state index in [9.17, 15) is 9.59 Å². The Morgan fingerprint density at radius 1 is 0.967 bits per heavy atom. The van der Waals surface area contributed by atoms with Crippen molar-refractivity contribution in [3.05, 3.63) is 87.6 Å². The SMILES string of the molecule is CC(C)c1ccc(C(NC(=O)c2cccc(NC(=O)C3CC3)c2)c2cccs2)cc1. The molecule has 1 fully saturated rings. The summed E-state index contributed by atoms with van der Waals surface area (Å²) in [5.74, 6) is 0.458. The fraction of sp³-hybridized carbons (Fsp3) is 0.280. The first-order valence-corrected chi connectivity index (χ1v) is 11.2. The van der Waals surface area contributed by atoms with Gasteiger partial charge in [-0.15, -0.1) is 11.3 Å². The van der Waals surface area contributed by atoms with E-state index in [0.29, 0.717) is 17.2 Å². The fourth-order valence-electron chi connectivity index (χ4n) is 3.39. The number of hydrogen-bond acceptors (Lipinski definition) is 3. The van der Waals surface area contributed by atoms with E-state index in [4.69, 9.17) is 0 Å². The summed E-state index contributed by atoms with van der Waals surface area (Å²) in [6, 6.07) is 19.4. The molecule has 30 heavy (non-hydrogen) atoms. The third kappa shape index (κ3) is 4.79. The van der Waals surface area contributed by atoms with Crippen molar-refractivity contribution in [2.75, 3.05) is 5.32 Å².